The van der Waals surface area contributed by atoms with Gasteiger partial charge in [0, 0.05) is 32.2 Å². The van der Waals surface area contributed by atoms with Gasteiger partial charge < -0.3 is 16.0 Å². The fourth-order valence-corrected chi connectivity index (χ4v) is 2.73. The molecule has 1 saturated heterocycles. The van der Waals surface area contributed by atoms with Gasteiger partial charge in [-0.05, 0) is 25.7 Å². The van der Waals surface area contributed by atoms with Gasteiger partial charge in [0.25, 0.3) is 0 Å². The summed E-state index contributed by atoms with van der Waals surface area (Å²) in [5.74, 6) is 0.231. The number of rotatable bonds is 4. The van der Waals surface area contributed by atoms with Crippen LogP contribution in [0.15, 0.2) is 0 Å². The number of piperazine rings is 1. The zero-order valence-corrected chi connectivity index (χ0v) is 11.7. The van der Waals surface area contributed by atoms with Crippen LogP contribution in [0.5, 0.6) is 0 Å². The molecule has 0 radical (unpaired) electrons. The highest BCUT2D eigenvalue weighted by atomic mass is 16.2. The SMILES string of the molecule is CCC(C(=N)N)N1CCN(C(=O)NC2CCC2)CC1. The van der Waals surface area contributed by atoms with Crippen LogP contribution in [0.25, 0.3) is 0 Å². The number of nitrogens with zero attached hydrogens (tertiary/aromatic N) is 2. The number of amides is 2. The Bertz CT molecular complexity index is 334. The normalized spacial score (nSPS) is 22.7. The van der Waals surface area contributed by atoms with Crippen LogP contribution in [-0.2, 0) is 0 Å². The van der Waals surface area contributed by atoms with E-state index in [0.29, 0.717) is 6.04 Å². The van der Waals surface area contributed by atoms with Gasteiger partial charge in [-0.25, -0.2) is 4.79 Å². The molecule has 0 bridgehead atoms. The van der Waals surface area contributed by atoms with Crippen molar-refractivity contribution >= 4 is 11.9 Å². The third-order valence-electron chi connectivity index (χ3n) is 4.22. The highest BCUT2D eigenvalue weighted by Gasteiger charge is 2.28. The van der Waals surface area contributed by atoms with Gasteiger partial charge in [-0.2, -0.15) is 0 Å². The number of carbonyl (C=O) groups is 1. The Hall–Kier alpha value is -1.30. The van der Waals surface area contributed by atoms with E-state index in [0.717, 1.165) is 45.4 Å². The lowest BCUT2D eigenvalue weighted by atomic mass is 9.93. The van der Waals surface area contributed by atoms with Crippen molar-refractivity contribution in [2.45, 2.75) is 44.7 Å². The van der Waals surface area contributed by atoms with Crippen molar-refractivity contribution in [1.29, 1.82) is 5.41 Å². The summed E-state index contributed by atoms with van der Waals surface area (Å²) in [4.78, 5) is 16.1. The van der Waals surface area contributed by atoms with Crippen LogP contribution in [0.4, 0.5) is 4.79 Å². The largest absolute Gasteiger partial charge is 0.386 e. The summed E-state index contributed by atoms with van der Waals surface area (Å²) in [6.45, 7) is 5.10. The number of nitrogens with one attached hydrogen (secondary N) is 2. The Balaban J connectivity index is 1.77. The molecule has 0 spiro atoms. The molecule has 1 aliphatic heterocycles. The first-order valence-corrected chi connectivity index (χ1v) is 7.25. The number of nitrogens with two attached hydrogens (primary N) is 1. The zero-order chi connectivity index (χ0) is 13.8. The molecule has 19 heavy (non-hydrogen) atoms. The summed E-state index contributed by atoms with van der Waals surface area (Å²) in [6, 6.07) is 0.489. The van der Waals surface area contributed by atoms with Crippen LogP contribution >= 0.6 is 0 Å². The van der Waals surface area contributed by atoms with Crippen LogP contribution in [0.2, 0.25) is 0 Å². The molecule has 1 saturated carbocycles. The van der Waals surface area contributed by atoms with Gasteiger partial charge in [-0.15, -0.1) is 0 Å². The van der Waals surface area contributed by atoms with Gasteiger partial charge in [0.2, 0.25) is 0 Å². The average Bonchev–Trinajstić information content (AvgIpc) is 2.35. The van der Waals surface area contributed by atoms with Crippen LogP contribution in [0.3, 0.4) is 0 Å². The van der Waals surface area contributed by atoms with Crippen molar-refractivity contribution in [1.82, 2.24) is 15.1 Å². The molecule has 1 aliphatic carbocycles. The molecule has 2 aliphatic rings. The van der Waals surface area contributed by atoms with Crippen LogP contribution in [0.1, 0.15) is 32.6 Å². The van der Waals surface area contributed by atoms with Gasteiger partial charge in [-0.3, -0.25) is 10.3 Å². The van der Waals surface area contributed by atoms with E-state index in [2.05, 4.69) is 10.2 Å². The smallest absolute Gasteiger partial charge is 0.317 e. The summed E-state index contributed by atoms with van der Waals surface area (Å²) >= 11 is 0. The Kier molecular flexibility index (Phi) is 4.63. The van der Waals surface area contributed by atoms with Crippen LogP contribution in [-0.4, -0.2) is 59.9 Å². The molecule has 0 aromatic rings. The second-order valence-corrected chi connectivity index (χ2v) is 5.48. The van der Waals surface area contributed by atoms with Gasteiger partial charge in [-0.1, -0.05) is 6.92 Å². The van der Waals surface area contributed by atoms with E-state index in [1.54, 1.807) is 0 Å². The maximum atomic E-state index is 12.0. The van der Waals surface area contributed by atoms with Crippen molar-refractivity contribution < 1.29 is 4.79 Å². The second-order valence-electron chi connectivity index (χ2n) is 5.48. The predicted molar refractivity (Wildman–Crippen MR) is 75.3 cm³/mol. The monoisotopic (exact) mass is 267 g/mol. The summed E-state index contributed by atoms with van der Waals surface area (Å²) in [7, 11) is 0. The third kappa shape index (κ3) is 3.37. The van der Waals surface area contributed by atoms with E-state index in [1.165, 1.54) is 6.42 Å². The van der Waals surface area contributed by atoms with Crippen molar-refractivity contribution in [2.24, 2.45) is 5.73 Å². The van der Waals surface area contributed by atoms with Gasteiger partial charge in [0.05, 0.1) is 6.04 Å². The fraction of sp³-hybridized carbons (Fsp3) is 0.846. The lowest BCUT2D eigenvalue weighted by Gasteiger charge is -2.39. The Labute approximate surface area is 114 Å². The van der Waals surface area contributed by atoms with Crippen molar-refractivity contribution in [3.05, 3.63) is 0 Å². The predicted octanol–water partition coefficient (Wildman–Crippen LogP) is 0.581. The number of urea groups is 1. The summed E-state index contributed by atoms with van der Waals surface area (Å²) < 4.78 is 0. The summed E-state index contributed by atoms with van der Waals surface area (Å²) in [5.41, 5.74) is 5.61. The molecule has 108 valence electrons. The highest BCUT2D eigenvalue weighted by Crippen LogP contribution is 2.18. The van der Waals surface area contributed by atoms with Crippen molar-refractivity contribution in [2.75, 3.05) is 26.2 Å². The standard InChI is InChI=1S/C13H25N5O/c1-2-11(12(14)15)17-6-8-18(9-7-17)13(19)16-10-4-3-5-10/h10-11H,2-9H2,1H3,(H3,14,15)(H,16,19). The topological polar surface area (TPSA) is 85.5 Å². The highest BCUT2D eigenvalue weighted by molar-refractivity contribution is 5.82. The molecular formula is C13H25N5O. The molecule has 6 nitrogen and oxygen atoms in total. The maximum absolute atomic E-state index is 12.0. The van der Waals surface area contributed by atoms with E-state index < -0.39 is 0 Å². The molecule has 2 rings (SSSR count). The summed E-state index contributed by atoms with van der Waals surface area (Å²) in [5, 5.41) is 10.7. The van der Waals surface area contributed by atoms with E-state index >= 15 is 0 Å². The Morgan fingerprint density at radius 3 is 2.42 bits per heavy atom. The number of carbonyl (C=O) groups excluding carboxylic acids is 1. The van der Waals surface area contributed by atoms with Gasteiger partial charge >= 0.3 is 6.03 Å². The fourth-order valence-electron chi connectivity index (χ4n) is 2.73. The van der Waals surface area contributed by atoms with E-state index in [-0.39, 0.29) is 17.9 Å². The van der Waals surface area contributed by atoms with E-state index in [4.69, 9.17) is 11.1 Å². The number of amidine groups is 1. The molecule has 6 heteroatoms. The summed E-state index contributed by atoms with van der Waals surface area (Å²) in [6.07, 6.45) is 4.32. The zero-order valence-electron chi connectivity index (χ0n) is 11.7. The van der Waals surface area contributed by atoms with Gasteiger partial charge in [0.15, 0.2) is 0 Å². The van der Waals surface area contributed by atoms with E-state index in [9.17, 15) is 4.79 Å². The molecule has 1 unspecified atom stereocenters. The minimum absolute atomic E-state index is 0.0249. The van der Waals surface area contributed by atoms with Crippen molar-refractivity contribution in [3.63, 3.8) is 0 Å². The first kappa shape index (κ1) is 14.1. The van der Waals surface area contributed by atoms with Gasteiger partial charge in [0.1, 0.15) is 5.84 Å². The molecule has 2 amide bonds. The first-order chi connectivity index (χ1) is 9.11. The lowest BCUT2D eigenvalue weighted by molar-refractivity contribution is 0.121. The quantitative estimate of drug-likeness (QED) is 0.514. The molecular weight excluding hydrogens is 242 g/mol. The third-order valence-corrected chi connectivity index (χ3v) is 4.22. The second kappa shape index (κ2) is 6.23. The molecule has 0 aromatic heterocycles. The average molecular weight is 267 g/mol. The molecule has 4 N–H and O–H groups in total. The first-order valence-electron chi connectivity index (χ1n) is 7.25. The maximum Gasteiger partial charge on any atom is 0.317 e. The number of hydrogen-bond donors (Lipinski definition) is 3. The molecule has 1 atom stereocenters. The minimum Gasteiger partial charge on any atom is -0.386 e. The minimum atomic E-state index is 0.0249. The molecule has 1 heterocycles. The molecule has 2 fully saturated rings. The Morgan fingerprint density at radius 2 is 2.00 bits per heavy atom. The van der Waals surface area contributed by atoms with Crippen LogP contribution < -0.4 is 11.1 Å². The van der Waals surface area contributed by atoms with E-state index in [1.807, 2.05) is 11.8 Å². The molecule has 0 aromatic carbocycles. The van der Waals surface area contributed by atoms with Crippen LogP contribution in [0, 0.1) is 5.41 Å². The van der Waals surface area contributed by atoms with Crippen molar-refractivity contribution in [3.8, 4) is 0 Å². The number of hydrogen-bond acceptors (Lipinski definition) is 3. The Morgan fingerprint density at radius 1 is 1.37 bits per heavy atom. The lowest BCUT2D eigenvalue weighted by Crippen LogP contribution is -2.57.